The van der Waals surface area contributed by atoms with Gasteiger partial charge in [-0.15, -0.1) is 0 Å². The van der Waals surface area contributed by atoms with Crippen molar-refractivity contribution in [2.75, 3.05) is 12.3 Å². The average Bonchev–Trinajstić information content (AvgIpc) is 2.25. The second-order valence-electron chi connectivity index (χ2n) is 3.34. The zero-order valence-corrected chi connectivity index (χ0v) is 8.78. The summed E-state index contributed by atoms with van der Waals surface area (Å²) in [6, 6.07) is 3.12. The van der Waals surface area contributed by atoms with E-state index in [9.17, 15) is 10.2 Å². The highest BCUT2D eigenvalue weighted by atomic mass is 16.3. The maximum Gasteiger partial charge on any atom is 0.123 e. The van der Waals surface area contributed by atoms with Crippen molar-refractivity contribution < 1.29 is 10.2 Å². The van der Waals surface area contributed by atoms with Gasteiger partial charge in [0, 0.05) is 16.2 Å². The molecule has 4 N–H and O–H groups in total. The van der Waals surface area contributed by atoms with Crippen molar-refractivity contribution in [2.24, 2.45) is 5.11 Å². The molecule has 0 aromatic carbocycles. The van der Waals surface area contributed by atoms with Gasteiger partial charge >= 0.3 is 0 Å². The zero-order chi connectivity index (χ0) is 12.1. The number of anilines is 1. The highest BCUT2D eigenvalue weighted by Gasteiger charge is 2.19. The minimum Gasteiger partial charge on any atom is -0.390 e. The van der Waals surface area contributed by atoms with Crippen LogP contribution in [0.4, 0.5) is 5.82 Å². The van der Waals surface area contributed by atoms with Crippen molar-refractivity contribution in [1.82, 2.24) is 4.98 Å². The molecule has 0 saturated heterocycles. The average molecular weight is 223 g/mol. The number of rotatable bonds is 4. The molecule has 1 rings (SSSR count). The van der Waals surface area contributed by atoms with E-state index in [1.807, 2.05) is 0 Å². The number of pyridine rings is 1. The normalized spacial score (nSPS) is 13.9. The second-order valence-corrected chi connectivity index (χ2v) is 3.34. The van der Waals surface area contributed by atoms with Crippen molar-refractivity contribution in [3.8, 4) is 0 Å². The van der Waals surface area contributed by atoms with E-state index in [-0.39, 0.29) is 6.54 Å². The smallest absolute Gasteiger partial charge is 0.123 e. The summed E-state index contributed by atoms with van der Waals surface area (Å²) in [6.07, 6.45) is -2.29. The molecule has 0 amide bonds. The molecule has 0 fully saturated rings. The van der Waals surface area contributed by atoms with Gasteiger partial charge < -0.3 is 15.9 Å². The quantitative estimate of drug-likeness (QED) is 0.393. The van der Waals surface area contributed by atoms with Crippen LogP contribution >= 0.6 is 0 Å². The first-order chi connectivity index (χ1) is 7.56. The van der Waals surface area contributed by atoms with Crippen LogP contribution in [-0.4, -0.2) is 27.8 Å². The molecule has 2 atom stereocenters. The van der Waals surface area contributed by atoms with Gasteiger partial charge in [0.1, 0.15) is 11.9 Å². The van der Waals surface area contributed by atoms with Crippen LogP contribution in [0, 0.1) is 6.92 Å². The van der Waals surface area contributed by atoms with Crippen LogP contribution in [0.1, 0.15) is 17.4 Å². The number of hydrogen-bond donors (Lipinski definition) is 3. The van der Waals surface area contributed by atoms with Gasteiger partial charge in [0.2, 0.25) is 0 Å². The van der Waals surface area contributed by atoms with E-state index in [1.165, 1.54) is 6.07 Å². The zero-order valence-electron chi connectivity index (χ0n) is 8.78. The Morgan fingerprint density at radius 1 is 1.56 bits per heavy atom. The van der Waals surface area contributed by atoms with Crippen molar-refractivity contribution in [3.05, 3.63) is 33.8 Å². The molecule has 7 nitrogen and oxygen atoms in total. The fourth-order valence-electron chi connectivity index (χ4n) is 1.33. The molecular formula is C9H13N5O2. The number of nitrogen functional groups attached to an aromatic ring is 1. The first-order valence-electron chi connectivity index (χ1n) is 4.66. The number of nitrogens with zero attached hydrogens (tertiary/aromatic N) is 4. The van der Waals surface area contributed by atoms with Crippen LogP contribution < -0.4 is 5.73 Å². The molecule has 0 bridgehead atoms. The molecule has 0 saturated carbocycles. The Kier molecular flexibility index (Phi) is 4.07. The Morgan fingerprint density at radius 2 is 2.25 bits per heavy atom. The van der Waals surface area contributed by atoms with E-state index in [0.29, 0.717) is 17.1 Å². The number of hydrogen-bond acceptors (Lipinski definition) is 5. The van der Waals surface area contributed by atoms with Gasteiger partial charge in [-0.1, -0.05) is 11.2 Å². The highest BCUT2D eigenvalue weighted by Crippen LogP contribution is 2.20. The molecule has 7 heteroatoms. The molecule has 86 valence electrons. The van der Waals surface area contributed by atoms with Gasteiger partial charge in [-0.3, -0.25) is 0 Å². The molecule has 0 aliphatic carbocycles. The summed E-state index contributed by atoms with van der Waals surface area (Å²) in [5.41, 5.74) is 14.6. The van der Waals surface area contributed by atoms with Crippen LogP contribution in [0.15, 0.2) is 17.2 Å². The van der Waals surface area contributed by atoms with Crippen LogP contribution in [0.5, 0.6) is 0 Å². The van der Waals surface area contributed by atoms with Crippen LogP contribution in [-0.2, 0) is 0 Å². The standard InChI is InChI=1S/C9H13N5O2/c1-5-6(2-3-8(10)13-5)9(16)7(15)4-12-14-11/h2-3,7,9,15-16H,4H2,1H3,(H2,10,13). The molecule has 0 spiro atoms. The lowest BCUT2D eigenvalue weighted by Gasteiger charge is -2.17. The summed E-state index contributed by atoms with van der Waals surface area (Å²) in [6.45, 7) is 1.48. The predicted octanol–water partition coefficient (Wildman–Crippen LogP) is 0.677. The Balaban J connectivity index is 2.86. The van der Waals surface area contributed by atoms with E-state index in [2.05, 4.69) is 15.0 Å². The Labute approximate surface area is 92.2 Å². The van der Waals surface area contributed by atoms with E-state index in [0.717, 1.165) is 0 Å². The Bertz CT molecular complexity index is 416. The molecule has 1 aromatic rings. The minimum absolute atomic E-state index is 0.193. The van der Waals surface area contributed by atoms with E-state index in [4.69, 9.17) is 11.3 Å². The van der Waals surface area contributed by atoms with E-state index in [1.54, 1.807) is 13.0 Å². The molecule has 0 aliphatic rings. The minimum atomic E-state index is -1.15. The molecule has 1 aromatic heterocycles. The third-order valence-corrected chi connectivity index (χ3v) is 2.16. The summed E-state index contributed by atoms with van der Waals surface area (Å²) in [4.78, 5) is 6.47. The predicted molar refractivity (Wildman–Crippen MR) is 58.4 cm³/mol. The van der Waals surface area contributed by atoms with Gasteiger partial charge in [0.15, 0.2) is 0 Å². The van der Waals surface area contributed by atoms with Gasteiger partial charge in [0.25, 0.3) is 0 Å². The first kappa shape index (κ1) is 12.3. The lowest BCUT2D eigenvalue weighted by Crippen LogP contribution is -2.22. The largest absolute Gasteiger partial charge is 0.390 e. The fourth-order valence-corrected chi connectivity index (χ4v) is 1.33. The number of aromatic nitrogens is 1. The Hall–Kier alpha value is -1.82. The molecular weight excluding hydrogens is 210 g/mol. The third kappa shape index (κ3) is 2.83. The second kappa shape index (κ2) is 5.32. The van der Waals surface area contributed by atoms with Gasteiger partial charge in [0.05, 0.1) is 12.6 Å². The summed E-state index contributed by atoms with van der Waals surface area (Å²) in [5, 5.41) is 22.5. The number of aliphatic hydroxyl groups is 2. The topological polar surface area (TPSA) is 128 Å². The Morgan fingerprint density at radius 3 is 2.81 bits per heavy atom. The number of aliphatic hydroxyl groups excluding tert-OH is 2. The number of aryl methyl sites for hydroxylation is 1. The molecule has 0 radical (unpaired) electrons. The van der Waals surface area contributed by atoms with Crippen LogP contribution in [0.25, 0.3) is 10.4 Å². The molecule has 2 unspecified atom stereocenters. The number of azide groups is 1. The van der Waals surface area contributed by atoms with Crippen molar-refractivity contribution in [1.29, 1.82) is 0 Å². The monoisotopic (exact) mass is 223 g/mol. The summed E-state index contributed by atoms with van der Waals surface area (Å²) in [7, 11) is 0. The highest BCUT2D eigenvalue weighted by molar-refractivity contribution is 5.35. The molecule has 16 heavy (non-hydrogen) atoms. The van der Waals surface area contributed by atoms with Gasteiger partial charge in [-0.05, 0) is 18.5 Å². The van der Waals surface area contributed by atoms with Crippen molar-refractivity contribution in [3.63, 3.8) is 0 Å². The summed E-state index contributed by atoms with van der Waals surface area (Å²) >= 11 is 0. The summed E-state index contributed by atoms with van der Waals surface area (Å²) < 4.78 is 0. The maximum atomic E-state index is 9.77. The van der Waals surface area contributed by atoms with Crippen molar-refractivity contribution >= 4 is 5.82 Å². The number of nitrogens with two attached hydrogens (primary N) is 1. The molecule has 0 aliphatic heterocycles. The van der Waals surface area contributed by atoms with Crippen LogP contribution in [0.3, 0.4) is 0 Å². The lowest BCUT2D eigenvalue weighted by molar-refractivity contribution is 0.0238. The van der Waals surface area contributed by atoms with Gasteiger partial charge in [-0.25, -0.2) is 4.98 Å². The lowest BCUT2D eigenvalue weighted by atomic mass is 10.0. The first-order valence-corrected chi connectivity index (χ1v) is 4.66. The molecule has 1 heterocycles. The van der Waals surface area contributed by atoms with E-state index >= 15 is 0 Å². The van der Waals surface area contributed by atoms with Gasteiger partial charge in [-0.2, -0.15) is 0 Å². The van der Waals surface area contributed by atoms with Crippen LogP contribution in [0.2, 0.25) is 0 Å². The summed E-state index contributed by atoms with van der Waals surface area (Å²) in [5.74, 6) is 0.345. The maximum absolute atomic E-state index is 9.77. The fraction of sp³-hybridized carbons (Fsp3) is 0.444. The van der Waals surface area contributed by atoms with E-state index < -0.39 is 12.2 Å². The third-order valence-electron chi connectivity index (χ3n) is 2.16. The SMILES string of the molecule is Cc1nc(N)ccc1C(O)C(O)CN=[N+]=[N-]. The van der Waals surface area contributed by atoms with Crippen molar-refractivity contribution in [2.45, 2.75) is 19.1 Å².